The van der Waals surface area contributed by atoms with E-state index in [0.29, 0.717) is 6.54 Å². The average Bonchev–Trinajstić information content (AvgIpc) is 2.29. The van der Waals surface area contributed by atoms with E-state index in [4.69, 9.17) is 10.5 Å². The van der Waals surface area contributed by atoms with Crippen molar-refractivity contribution >= 4 is 30.7 Å². The van der Waals surface area contributed by atoms with Crippen molar-refractivity contribution in [1.29, 1.82) is 0 Å². The Morgan fingerprint density at radius 3 is 2.79 bits per heavy atom. The molecule has 1 heterocycles. The number of halogens is 2. The van der Waals surface area contributed by atoms with Gasteiger partial charge in [-0.15, -0.1) is 24.8 Å². The SMILES string of the molecule is COCC(N)C(=O)NCCN1CCCC(C)C1.Cl.Cl. The number of carbonyl (C=O) groups excluding carboxylic acids is 1. The maximum Gasteiger partial charge on any atom is 0.239 e. The number of nitrogens with one attached hydrogen (secondary N) is 1. The molecule has 1 aliphatic heterocycles. The molecule has 0 aliphatic carbocycles. The summed E-state index contributed by atoms with van der Waals surface area (Å²) in [6, 6.07) is -0.555. The van der Waals surface area contributed by atoms with Gasteiger partial charge in [-0.05, 0) is 25.3 Å². The standard InChI is InChI=1S/C12H25N3O2.2ClH/c1-10-4-3-6-15(8-10)7-5-14-12(16)11(13)9-17-2;;/h10-11H,3-9,13H2,1-2H3,(H,14,16);2*1H. The maximum atomic E-state index is 11.5. The molecular weight excluding hydrogens is 289 g/mol. The van der Waals surface area contributed by atoms with E-state index < -0.39 is 6.04 Å². The second kappa shape index (κ2) is 11.7. The molecule has 1 fully saturated rings. The van der Waals surface area contributed by atoms with Crippen molar-refractivity contribution in [1.82, 2.24) is 10.2 Å². The fourth-order valence-corrected chi connectivity index (χ4v) is 2.21. The molecule has 1 saturated heterocycles. The molecule has 2 unspecified atom stereocenters. The summed E-state index contributed by atoms with van der Waals surface area (Å²) in [5.74, 6) is 0.645. The van der Waals surface area contributed by atoms with Crippen LogP contribution in [0.2, 0.25) is 0 Å². The molecule has 0 aromatic heterocycles. The third-order valence-corrected chi connectivity index (χ3v) is 3.15. The van der Waals surface area contributed by atoms with Crippen molar-refractivity contribution in [3.63, 3.8) is 0 Å². The lowest BCUT2D eigenvalue weighted by atomic mass is 10.0. The van der Waals surface area contributed by atoms with Crippen LogP contribution in [0.4, 0.5) is 0 Å². The third kappa shape index (κ3) is 8.65. The van der Waals surface area contributed by atoms with E-state index in [1.807, 2.05) is 0 Å². The van der Waals surface area contributed by atoms with Gasteiger partial charge in [-0.2, -0.15) is 0 Å². The molecule has 1 amide bonds. The predicted octanol–water partition coefficient (Wildman–Crippen LogP) is 0.652. The number of nitrogens with zero attached hydrogens (tertiary/aromatic N) is 1. The second-order valence-corrected chi connectivity index (χ2v) is 4.90. The molecule has 0 saturated carbocycles. The minimum atomic E-state index is -0.555. The summed E-state index contributed by atoms with van der Waals surface area (Å²) in [7, 11) is 1.54. The highest BCUT2D eigenvalue weighted by Gasteiger charge is 2.17. The Morgan fingerprint density at radius 1 is 1.53 bits per heavy atom. The van der Waals surface area contributed by atoms with Gasteiger partial charge in [0.25, 0.3) is 0 Å². The van der Waals surface area contributed by atoms with E-state index >= 15 is 0 Å². The normalized spacial score (nSPS) is 20.9. The number of hydrogen-bond acceptors (Lipinski definition) is 4. The Hall–Kier alpha value is -0.0700. The molecular formula is C12H27Cl2N3O2. The Labute approximate surface area is 128 Å². The first-order chi connectivity index (χ1) is 8.13. The smallest absolute Gasteiger partial charge is 0.239 e. The molecule has 19 heavy (non-hydrogen) atoms. The molecule has 3 N–H and O–H groups in total. The zero-order chi connectivity index (χ0) is 12.7. The molecule has 1 aliphatic rings. The van der Waals surface area contributed by atoms with Crippen molar-refractivity contribution in [3.05, 3.63) is 0 Å². The zero-order valence-electron chi connectivity index (χ0n) is 11.8. The number of hydrogen-bond donors (Lipinski definition) is 2. The number of likely N-dealkylation sites (tertiary alicyclic amines) is 1. The van der Waals surface area contributed by atoms with E-state index in [1.54, 1.807) is 7.11 Å². The van der Waals surface area contributed by atoms with Gasteiger partial charge in [-0.25, -0.2) is 0 Å². The Bertz CT molecular complexity index is 245. The van der Waals surface area contributed by atoms with Crippen LogP contribution in [-0.4, -0.2) is 56.7 Å². The van der Waals surface area contributed by atoms with Crippen LogP contribution in [0.1, 0.15) is 19.8 Å². The van der Waals surface area contributed by atoms with Crippen LogP contribution in [0.15, 0.2) is 0 Å². The summed E-state index contributed by atoms with van der Waals surface area (Å²) in [6.07, 6.45) is 2.58. The summed E-state index contributed by atoms with van der Waals surface area (Å²) in [5.41, 5.74) is 5.62. The van der Waals surface area contributed by atoms with Gasteiger partial charge in [0.2, 0.25) is 5.91 Å². The molecule has 0 radical (unpaired) electrons. The maximum absolute atomic E-state index is 11.5. The van der Waals surface area contributed by atoms with Gasteiger partial charge in [-0.3, -0.25) is 4.79 Å². The minimum absolute atomic E-state index is 0. The third-order valence-electron chi connectivity index (χ3n) is 3.15. The van der Waals surface area contributed by atoms with Gasteiger partial charge >= 0.3 is 0 Å². The molecule has 7 heteroatoms. The first kappa shape index (κ1) is 21.2. The number of methoxy groups -OCH3 is 1. The number of carbonyl (C=O) groups is 1. The van der Waals surface area contributed by atoms with Crippen molar-refractivity contribution in [3.8, 4) is 0 Å². The zero-order valence-corrected chi connectivity index (χ0v) is 13.4. The van der Waals surface area contributed by atoms with Crippen LogP contribution in [0.25, 0.3) is 0 Å². The van der Waals surface area contributed by atoms with E-state index in [2.05, 4.69) is 17.1 Å². The van der Waals surface area contributed by atoms with Gasteiger partial charge in [0.15, 0.2) is 0 Å². The summed E-state index contributed by atoms with van der Waals surface area (Å²) < 4.78 is 4.84. The van der Waals surface area contributed by atoms with Crippen LogP contribution in [0, 0.1) is 5.92 Å². The highest BCUT2D eigenvalue weighted by molar-refractivity contribution is 5.85. The largest absolute Gasteiger partial charge is 0.383 e. The monoisotopic (exact) mass is 315 g/mol. The molecule has 1 rings (SSSR count). The van der Waals surface area contributed by atoms with E-state index in [-0.39, 0.29) is 37.3 Å². The second-order valence-electron chi connectivity index (χ2n) is 4.90. The van der Waals surface area contributed by atoms with Crippen molar-refractivity contribution in [2.45, 2.75) is 25.8 Å². The predicted molar refractivity (Wildman–Crippen MR) is 82.2 cm³/mol. The first-order valence-corrected chi connectivity index (χ1v) is 6.38. The number of amides is 1. The highest BCUT2D eigenvalue weighted by atomic mass is 35.5. The lowest BCUT2D eigenvalue weighted by Crippen LogP contribution is -2.46. The van der Waals surface area contributed by atoms with Crippen LogP contribution in [0.5, 0.6) is 0 Å². The molecule has 116 valence electrons. The van der Waals surface area contributed by atoms with Crippen LogP contribution >= 0.6 is 24.8 Å². The van der Waals surface area contributed by atoms with Crippen LogP contribution in [-0.2, 0) is 9.53 Å². The van der Waals surface area contributed by atoms with Gasteiger partial charge in [0.1, 0.15) is 6.04 Å². The molecule has 0 aromatic rings. The molecule has 2 atom stereocenters. The average molecular weight is 316 g/mol. The highest BCUT2D eigenvalue weighted by Crippen LogP contribution is 2.14. The van der Waals surface area contributed by atoms with Crippen molar-refractivity contribution in [2.24, 2.45) is 11.7 Å². The quantitative estimate of drug-likeness (QED) is 0.755. The van der Waals surface area contributed by atoms with E-state index in [0.717, 1.165) is 25.6 Å². The van der Waals surface area contributed by atoms with E-state index in [9.17, 15) is 4.79 Å². The van der Waals surface area contributed by atoms with Gasteiger partial charge in [-0.1, -0.05) is 6.92 Å². The van der Waals surface area contributed by atoms with Gasteiger partial charge in [0, 0.05) is 26.7 Å². The Balaban J connectivity index is 0. The Morgan fingerprint density at radius 2 is 2.21 bits per heavy atom. The lowest BCUT2D eigenvalue weighted by Gasteiger charge is -2.30. The van der Waals surface area contributed by atoms with Gasteiger partial charge in [0.05, 0.1) is 6.61 Å². The number of piperidine rings is 1. The lowest BCUT2D eigenvalue weighted by molar-refractivity contribution is -0.123. The molecule has 0 aromatic carbocycles. The van der Waals surface area contributed by atoms with Crippen LogP contribution < -0.4 is 11.1 Å². The topological polar surface area (TPSA) is 67.6 Å². The van der Waals surface area contributed by atoms with Crippen LogP contribution in [0.3, 0.4) is 0 Å². The number of rotatable bonds is 6. The minimum Gasteiger partial charge on any atom is -0.383 e. The fourth-order valence-electron chi connectivity index (χ4n) is 2.21. The van der Waals surface area contributed by atoms with Crippen molar-refractivity contribution < 1.29 is 9.53 Å². The summed E-state index contributed by atoms with van der Waals surface area (Å²) in [4.78, 5) is 13.9. The summed E-state index contributed by atoms with van der Waals surface area (Å²) in [5, 5.41) is 2.84. The molecule has 5 nitrogen and oxygen atoms in total. The fraction of sp³-hybridized carbons (Fsp3) is 0.917. The number of ether oxygens (including phenoxy) is 1. The molecule has 0 bridgehead atoms. The van der Waals surface area contributed by atoms with E-state index in [1.165, 1.54) is 12.8 Å². The number of nitrogens with two attached hydrogens (primary N) is 1. The molecule has 0 spiro atoms. The van der Waals surface area contributed by atoms with Gasteiger partial charge < -0.3 is 20.7 Å². The van der Waals surface area contributed by atoms with Crippen molar-refractivity contribution in [2.75, 3.05) is 39.9 Å². The summed E-state index contributed by atoms with van der Waals surface area (Å²) >= 11 is 0. The summed E-state index contributed by atoms with van der Waals surface area (Å²) in [6.45, 7) is 6.41. The Kier molecular flexibility index (Phi) is 13.1. The first-order valence-electron chi connectivity index (χ1n) is 6.38.